The maximum absolute atomic E-state index is 11.7. The van der Waals surface area contributed by atoms with Gasteiger partial charge in [-0.05, 0) is 98.6 Å². The number of nitrogens with zero attached hydrogens (tertiary/aromatic N) is 3. The molecule has 1 aliphatic heterocycles. The van der Waals surface area contributed by atoms with Crippen LogP contribution in [0.3, 0.4) is 0 Å². The van der Waals surface area contributed by atoms with Crippen molar-refractivity contribution in [3.05, 3.63) is 112 Å². The van der Waals surface area contributed by atoms with Gasteiger partial charge in [0, 0.05) is 29.0 Å². The molecular weight excluding hydrogens is 480 g/mol. The van der Waals surface area contributed by atoms with E-state index in [1.54, 1.807) is 18.3 Å². The molecule has 1 saturated heterocycles. The first kappa shape index (κ1) is 24.7. The van der Waals surface area contributed by atoms with E-state index >= 15 is 0 Å². The molecule has 1 aliphatic rings. The van der Waals surface area contributed by atoms with Crippen LogP contribution in [0.25, 0.3) is 5.69 Å². The van der Waals surface area contributed by atoms with Crippen molar-refractivity contribution in [1.29, 1.82) is 0 Å². The third-order valence-corrected chi connectivity index (χ3v) is 7.52. The fourth-order valence-corrected chi connectivity index (χ4v) is 5.63. The second-order valence-electron chi connectivity index (χ2n) is 9.48. The van der Waals surface area contributed by atoms with Gasteiger partial charge in [0.15, 0.2) is 5.11 Å². The molecule has 5 rings (SSSR count). The van der Waals surface area contributed by atoms with E-state index in [0.29, 0.717) is 5.11 Å². The number of pyridine rings is 1. The van der Waals surface area contributed by atoms with Crippen LogP contribution in [-0.4, -0.2) is 25.7 Å². The normalized spacial score (nSPS) is 17.2. The van der Waals surface area contributed by atoms with Gasteiger partial charge in [0.05, 0.1) is 23.3 Å². The SMILES string of the molecule is CCc1ccc(N2C(=S)N[C@H](c3ccccn3)[C@@H]2c2cc(C)n(-c3cc(C(=O)O)ccc3C)c2C)cc1. The average Bonchev–Trinajstić information content (AvgIpc) is 3.39. The van der Waals surface area contributed by atoms with Crippen LogP contribution in [0, 0.1) is 20.8 Å². The number of hydrogen-bond acceptors (Lipinski definition) is 3. The van der Waals surface area contributed by atoms with E-state index in [0.717, 1.165) is 46.0 Å². The molecule has 2 atom stereocenters. The molecular formula is C30H30N4O2S. The minimum absolute atomic E-state index is 0.141. The van der Waals surface area contributed by atoms with Crippen molar-refractivity contribution in [2.45, 2.75) is 46.2 Å². The van der Waals surface area contributed by atoms with Gasteiger partial charge in [-0.1, -0.05) is 31.2 Å². The summed E-state index contributed by atoms with van der Waals surface area (Å²) in [7, 11) is 0. The summed E-state index contributed by atoms with van der Waals surface area (Å²) < 4.78 is 2.15. The Morgan fingerprint density at radius 1 is 1.05 bits per heavy atom. The van der Waals surface area contributed by atoms with E-state index in [1.807, 2.05) is 31.2 Å². The monoisotopic (exact) mass is 510 g/mol. The molecule has 0 saturated carbocycles. The molecule has 6 nitrogen and oxygen atoms in total. The Balaban J connectivity index is 1.68. The number of nitrogens with one attached hydrogen (secondary N) is 1. The molecule has 1 fully saturated rings. The summed E-state index contributed by atoms with van der Waals surface area (Å²) in [5.74, 6) is -0.939. The lowest BCUT2D eigenvalue weighted by Crippen LogP contribution is -2.29. The van der Waals surface area contributed by atoms with Gasteiger partial charge < -0.3 is 19.9 Å². The molecule has 0 bridgehead atoms. The van der Waals surface area contributed by atoms with Crippen molar-refractivity contribution < 1.29 is 9.90 Å². The molecule has 2 N–H and O–H groups in total. The van der Waals surface area contributed by atoms with Gasteiger partial charge >= 0.3 is 5.97 Å². The highest BCUT2D eigenvalue weighted by Crippen LogP contribution is 2.44. The number of carbonyl (C=O) groups is 1. The van der Waals surface area contributed by atoms with Crippen LogP contribution in [-0.2, 0) is 6.42 Å². The van der Waals surface area contributed by atoms with E-state index < -0.39 is 5.97 Å². The lowest BCUT2D eigenvalue weighted by Gasteiger charge is -2.28. The summed E-state index contributed by atoms with van der Waals surface area (Å²) in [6.07, 6.45) is 2.78. The number of aryl methyl sites for hydroxylation is 3. The average molecular weight is 511 g/mol. The molecule has 4 aromatic rings. The van der Waals surface area contributed by atoms with Gasteiger partial charge in [0.2, 0.25) is 0 Å². The first-order valence-corrected chi connectivity index (χ1v) is 12.8. The Labute approximate surface area is 222 Å². The molecule has 0 radical (unpaired) electrons. The lowest BCUT2D eigenvalue weighted by molar-refractivity contribution is 0.0697. The number of benzene rings is 2. The number of carboxylic acids is 1. The summed E-state index contributed by atoms with van der Waals surface area (Å²) >= 11 is 5.90. The van der Waals surface area contributed by atoms with Crippen molar-refractivity contribution in [3.8, 4) is 5.69 Å². The standard InChI is InChI=1S/C30H30N4O2S/c1-5-21-10-13-23(14-11-21)34-28(27(32-30(34)37)25-8-6-7-15-31-25)24-16-19(3)33(20(24)4)26-17-22(29(35)36)12-9-18(26)2/h6-17,27-28H,5H2,1-4H3,(H,32,37)(H,35,36)/t27-,28+/m1/s1. The maximum atomic E-state index is 11.7. The molecule has 0 aliphatic carbocycles. The van der Waals surface area contributed by atoms with Crippen molar-refractivity contribution in [3.63, 3.8) is 0 Å². The number of thiocarbonyl (C=S) groups is 1. The van der Waals surface area contributed by atoms with E-state index in [9.17, 15) is 9.90 Å². The smallest absolute Gasteiger partial charge is 0.335 e. The molecule has 37 heavy (non-hydrogen) atoms. The highest BCUT2D eigenvalue weighted by molar-refractivity contribution is 7.80. The van der Waals surface area contributed by atoms with Gasteiger partial charge in [0.25, 0.3) is 0 Å². The van der Waals surface area contributed by atoms with Crippen LogP contribution in [0.5, 0.6) is 0 Å². The highest BCUT2D eigenvalue weighted by Gasteiger charge is 2.42. The van der Waals surface area contributed by atoms with Crippen LogP contribution in [0.1, 0.15) is 63.1 Å². The molecule has 2 aromatic carbocycles. The summed E-state index contributed by atoms with van der Waals surface area (Å²) in [5.41, 5.74) is 8.51. The minimum Gasteiger partial charge on any atom is -0.478 e. The van der Waals surface area contributed by atoms with Crippen LogP contribution < -0.4 is 10.2 Å². The van der Waals surface area contributed by atoms with Crippen LogP contribution in [0.15, 0.2) is 72.9 Å². The van der Waals surface area contributed by atoms with E-state index in [-0.39, 0.29) is 17.6 Å². The zero-order valence-corrected chi connectivity index (χ0v) is 22.2. The topological polar surface area (TPSA) is 70.4 Å². The number of carboxylic acid groups (broad SMARTS) is 1. The van der Waals surface area contributed by atoms with Gasteiger partial charge in [-0.25, -0.2) is 4.79 Å². The summed E-state index contributed by atoms with van der Waals surface area (Å²) in [5, 5.41) is 13.8. The van der Waals surface area contributed by atoms with Gasteiger partial charge in [-0.2, -0.15) is 0 Å². The Morgan fingerprint density at radius 3 is 2.46 bits per heavy atom. The second kappa shape index (κ2) is 9.82. The highest BCUT2D eigenvalue weighted by atomic mass is 32.1. The molecule has 0 spiro atoms. The van der Waals surface area contributed by atoms with Crippen LogP contribution >= 0.6 is 12.2 Å². The van der Waals surface area contributed by atoms with Gasteiger partial charge in [-0.15, -0.1) is 0 Å². The minimum atomic E-state index is -0.939. The predicted molar refractivity (Wildman–Crippen MR) is 151 cm³/mol. The third kappa shape index (κ3) is 4.40. The first-order chi connectivity index (χ1) is 17.8. The molecule has 188 valence electrons. The Bertz CT molecular complexity index is 1480. The maximum Gasteiger partial charge on any atom is 0.335 e. The zero-order valence-electron chi connectivity index (χ0n) is 21.4. The summed E-state index contributed by atoms with van der Waals surface area (Å²) in [6.45, 7) is 8.29. The van der Waals surface area contributed by atoms with Gasteiger partial charge in [0.1, 0.15) is 0 Å². The Hall–Kier alpha value is -3.97. The fraction of sp³-hybridized carbons (Fsp3) is 0.233. The summed E-state index contributed by atoms with van der Waals surface area (Å²) in [4.78, 5) is 18.6. The Kier molecular flexibility index (Phi) is 6.56. The fourth-order valence-electron chi connectivity index (χ4n) is 5.28. The van der Waals surface area contributed by atoms with E-state index in [1.165, 1.54) is 5.56 Å². The second-order valence-corrected chi connectivity index (χ2v) is 9.87. The largest absolute Gasteiger partial charge is 0.478 e. The van der Waals surface area contributed by atoms with Crippen molar-refractivity contribution in [2.75, 3.05) is 4.90 Å². The number of hydrogen-bond donors (Lipinski definition) is 2. The molecule has 7 heteroatoms. The quantitative estimate of drug-likeness (QED) is 0.300. The lowest BCUT2D eigenvalue weighted by atomic mass is 9.96. The molecule has 3 heterocycles. The van der Waals surface area contributed by atoms with Crippen molar-refractivity contribution in [2.24, 2.45) is 0 Å². The van der Waals surface area contributed by atoms with Crippen molar-refractivity contribution >= 4 is 29.0 Å². The molecule has 2 aromatic heterocycles. The number of anilines is 1. The first-order valence-electron chi connectivity index (χ1n) is 12.4. The van der Waals surface area contributed by atoms with Crippen LogP contribution in [0.2, 0.25) is 0 Å². The third-order valence-electron chi connectivity index (χ3n) is 7.21. The van der Waals surface area contributed by atoms with Gasteiger partial charge in [-0.3, -0.25) is 4.98 Å². The Morgan fingerprint density at radius 2 is 1.81 bits per heavy atom. The van der Waals surface area contributed by atoms with E-state index in [2.05, 4.69) is 70.9 Å². The molecule has 0 unspecified atom stereocenters. The number of aromatic nitrogens is 2. The molecule has 0 amide bonds. The van der Waals surface area contributed by atoms with Crippen LogP contribution in [0.4, 0.5) is 5.69 Å². The number of rotatable bonds is 6. The van der Waals surface area contributed by atoms with Crippen molar-refractivity contribution in [1.82, 2.24) is 14.9 Å². The predicted octanol–water partition coefficient (Wildman–Crippen LogP) is 6.24. The zero-order chi connectivity index (χ0) is 26.3. The van der Waals surface area contributed by atoms with E-state index in [4.69, 9.17) is 12.2 Å². The summed E-state index contributed by atoms with van der Waals surface area (Å²) in [6, 6.07) is 21.6. The number of aromatic carboxylic acids is 1.